The van der Waals surface area contributed by atoms with Gasteiger partial charge >= 0.3 is 0 Å². The Morgan fingerprint density at radius 1 is 1.30 bits per heavy atom. The molecule has 2 atom stereocenters. The minimum absolute atomic E-state index is 0.632. The summed E-state index contributed by atoms with van der Waals surface area (Å²) in [6.45, 7) is 5.50. The fraction of sp³-hybridized carbons (Fsp3) is 0.625. The number of rotatable bonds is 4. The highest BCUT2D eigenvalue weighted by Crippen LogP contribution is 2.29. The number of hydrogen-bond acceptors (Lipinski definition) is 3. The van der Waals surface area contributed by atoms with Gasteiger partial charge in [0.1, 0.15) is 0 Å². The molecule has 0 aliphatic heterocycles. The summed E-state index contributed by atoms with van der Waals surface area (Å²) < 4.78 is 2.07. The zero-order valence-corrected chi connectivity index (χ0v) is 12.4. The molecule has 4 nitrogen and oxygen atoms in total. The van der Waals surface area contributed by atoms with Gasteiger partial charge in [-0.3, -0.25) is 4.40 Å². The summed E-state index contributed by atoms with van der Waals surface area (Å²) >= 11 is 0. The van der Waals surface area contributed by atoms with Gasteiger partial charge in [-0.05, 0) is 36.8 Å². The third-order valence-corrected chi connectivity index (χ3v) is 4.59. The molecule has 4 heteroatoms. The number of hydrogen-bond donors (Lipinski definition) is 1. The molecule has 1 aliphatic rings. The van der Waals surface area contributed by atoms with E-state index in [1.807, 2.05) is 24.4 Å². The average molecular weight is 272 g/mol. The second kappa shape index (κ2) is 5.92. The van der Waals surface area contributed by atoms with Crippen LogP contribution in [0.3, 0.4) is 0 Å². The van der Waals surface area contributed by atoms with E-state index in [2.05, 4.69) is 33.8 Å². The van der Waals surface area contributed by atoms with E-state index in [0.29, 0.717) is 6.04 Å². The van der Waals surface area contributed by atoms with Crippen molar-refractivity contribution in [2.45, 2.75) is 52.1 Å². The maximum Gasteiger partial charge on any atom is 0.160 e. The van der Waals surface area contributed by atoms with E-state index >= 15 is 0 Å². The Morgan fingerprint density at radius 2 is 2.20 bits per heavy atom. The summed E-state index contributed by atoms with van der Waals surface area (Å²) in [4.78, 5) is 0. The number of pyridine rings is 1. The van der Waals surface area contributed by atoms with E-state index in [0.717, 1.165) is 29.9 Å². The molecule has 0 saturated heterocycles. The van der Waals surface area contributed by atoms with Crippen molar-refractivity contribution in [2.75, 3.05) is 0 Å². The first-order chi connectivity index (χ1) is 9.74. The molecular weight excluding hydrogens is 248 g/mol. The van der Waals surface area contributed by atoms with Crippen LogP contribution in [0.5, 0.6) is 0 Å². The molecule has 2 aromatic heterocycles. The van der Waals surface area contributed by atoms with Crippen LogP contribution >= 0.6 is 0 Å². The molecule has 2 unspecified atom stereocenters. The summed E-state index contributed by atoms with van der Waals surface area (Å²) in [6.07, 6.45) is 7.36. The van der Waals surface area contributed by atoms with Crippen LogP contribution in [0.25, 0.3) is 5.65 Å². The Morgan fingerprint density at radius 3 is 3.05 bits per heavy atom. The van der Waals surface area contributed by atoms with Crippen molar-refractivity contribution in [1.29, 1.82) is 0 Å². The molecule has 2 heterocycles. The van der Waals surface area contributed by atoms with E-state index in [1.54, 1.807) is 0 Å². The third-order valence-electron chi connectivity index (χ3n) is 4.59. The second-order valence-electron chi connectivity index (χ2n) is 6.29. The quantitative estimate of drug-likeness (QED) is 0.930. The Balaban J connectivity index is 1.62. The first-order valence-electron chi connectivity index (χ1n) is 7.76. The molecule has 2 aromatic rings. The molecule has 3 rings (SSSR count). The fourth-order valence-corrected chi connectivity index (χ4v) is 3.27. The predicted molar refractivity (Wildman–Crippen MR) is 80.4 cm³/mol. The largest absolute Gasteiger partial charge is 0.307 e. The van der Waals surface area contributed by atoms with E-state index in [9.17, 15) is 0 Å². The lowest BCUT2D eigenvalue weighted by molar-refractivity contribution is 0.230. The van der Waals surface area contributed by atoms with Crippen LogP contribution in [0.15, 0.2) is 24.4 Å². The van der Waals surface area contributed by atoms with Gasteiger partial charge in [0.05, 0.1) is 6.54 Å². The summed E-state index contributed by atoms with van der Waals surface area (Å²) in [5.74, 6) is 2.68. The van der Waals surface area contributed by atoms with Crippen molar-refractivity contribution in [2.24, 2.45) is 11.8 Å². The molecule has 0 spiro atoms. The number of nitrogens with one attached hydrogen (secondary N) is 1. The molecule has 0 amide bonds. The van der Waals surface area contributed by atoms with Crippen molar-refractivity contribution >= 4 is 5.65 Å². The van der Waals surface area contributed by atoms with Crippen LogP contribution in [0.4, 0.5) is 0 Å². The lowest BCUT2D eigenvalue weighted by Gasteiger charge is -2.32. The van der Waals surface area contributed by atoms with Gasteiger partial charge in [-0.2, -0.15) is 0 Å². The van der Waals surface area contributed by atoms with Crippen molar-refractivity contribution in [3.8, 4) is 0 Å². The van der Waals surface area contributed by atoms with Crippen LogP contribution in [-0.2, 0) is 6.54 Å². The molecule has 0 radical (unpaired) electrons. The number of fused-ring (bicyclic) bond motifs is 1. The highest BCUT2D eigenvalue weighted by molar-refractivity contribution is 5.36. The standard InChI is InChI=1S/C16H24N4/c1-12(2)13-6-5-7-14(10-13)17-11-16-19-18-15-8-3-4-9-20(15)16/h3-4,8-9,12-14,17H,5-7,10-11H2,1-2H3. The van der Waals surface area contributed by atoms with Gasteiger partial charge in [0, 0.05) is 12.2 Å². The molecule has 1 aliphatic carbocycles. The highest BCUT2D eigenvalue weighted by Gasteiger charge is 2.23. The monoisotopic (exact) mass is 272 g/mol. The SMILES string of the molecule is CC(C)C1CCCC(NCc2nnc3ccccn23)C1. The molecule has 108 valence electrons. The van der Waals surface area contributed by atoms with Gasteiger partial charge in [-0.1, -0.05) is 32.8 Å². The van der Waals surface area contributed by atoms with Gasteiger partial charge in [0.25, 0.3) is 0 Å². The summed E-state index contributed by atoms with van der Waals surface area (Å²) in [5.41, 5.74) is 0.924. The number of aromatic nitrogens is 3. The topological polar surface area (TPSA) is 42.2 Å². The van der Waals surface area contributed by atoms with E-state index in [1.165, 1.54) is 25.7 Å². The first-order valence-corrected chi connectivity index (χ1v) is 7.76. The van der Waals surface area contributed by atoms with E-state index in [-0.39, 0.29) is 0 Å². The highest BCUT2D eigenvalue weighted by atomic mass is 15.3. The zero-order valence-electron chi connectivity index (χ0n) is 12.4. The van der Waals surface area contributed by atoms with Crippen LogP contribution in [0, 0.1) is 11.8 Å². The van der Waals surface area contributed by atoms with Gasteiger partial charge in [0.15, 0.2) is 11.5 Å². The maximum atomic E-state index is 4.28. The Labute approximate surface area is 120 Å². The Bertz CT molecular complexity index is 560. The van der Waals surface area contributed by atoms with Gasteiger partial charge in [0.2, 0.25) is 0 Å². The molecule has 0 aromatic carbocycles. The second-order valence-corrected chi connectivity index (χ2v) is 6.29. The van der Waals surface area contributed by atoms with Gasteiger partial charge in [-0.15, -0.1) is 10.2 Å². The Kier molecular flexibility index (Phi) is 4.01. The molecular formula is C16H24N4. The Hall–Kier alpha value is -1.42. The first kappa shape index (κ1) is 13.6. The van der Waals surface area contributed by atoms with Crippen molar-refractivity contribution in [3.05, 3.63) is 30.2 Å². The van der Waals surface area contributed by atoms with E-state index < -0.39 is 0 Å². The van der Waals surface area contributed by atoms with Gasteiger partial charge in [-0.25, -0.2) is 0 Å². The van der Waals surface area contributed by atoms with Crippen molar-refractivity contribution in [1.82, 2.24) is 19.9 Å². The smallest absolute Gasteiger partial charge is 0.160 e. The average Bonchev–Trinajstić information content (AvgIpc) is 2.89. The summed E-state index contributed by atoms with van der Waals surface area (Å²) in [6, 6.07) is 6.64. The third kappa shape index (κ3) is 2.85. The molecule has 1 N–H and O–H groups in total. The van der Waals surface area contributed by atoms with Crippen LogP contribution in [0.2, 0.25) is 0 Å². The van der Waals surface area contributed by atoms with Crippen LogP contribution in [-0.4, -0.2) is 20.6 Å². The minimum atomic E-state index is 0.632. The van der Waals surface area contributed by atoms with Crippen molar-refractivity contribution < 1.29 is 0 Å². The number of nitrogens with zero attached hydrogens (tertiary/aromatic N) is 3. The molecule has 0 bridgehead atoms. The van der Waals surface area contributed by atoms with Crippen LogP contribution < -0.4 is 5.32 Å². The minimum Gasteiger partial charge on any atom is -0.307 e. The summed E-state index contributed by atoms with van der Waals surface area (Å²) in [5, 5.41) is 12.2. The van der Waals surface area contributed by atoms with E-state index in [4.69, 9.17) is 0 Å². The predicted octanol–water partition coefficient (Wildman–Crippen LogP) is 3.03. The lowest BCUT2D eigenvalue weighted by Crippen LogP contribution is -2.35. The fourth-order valence-electron chi connectivity index (χ4n) is 3.27. The zero-order chi connectivity index (χ0) is 13.9. The summed E-state index contributed by atoms with van der Waals surface area (Å²) in [7, 11) is 0. The van der Waals surface area contributed by atoms with Crippen molar-refractivity contribution in [3.63, 3.8) is 0 Å². The lowest BCUT2D eigenvalue weighted by atomic mass is 9.79. The van der Waals surface area contributed by atoms with Crippen LogP contribution in [0.1, 0.15) is 45.4 Å². The van der Waals surface area contributed by atoms with Gasteiger partial charge < -0.3 is 5.32 Å². The maximum absolute atomic E-state index is 4.28. The molecule has 1 fully saturated rings. The molecule has 1 saturated carbocycles. The normalized spacial score (nSPS) is 23.6. The molecule has 20 heavy (non-hydrogen) atoms.